The first kappa shape index (κ1) is 15.1. The zero-order chi connectivity index (χ0) is 15.4. The van der Waals surface area contributed by atoms with Crippen LogP contribution in [0.4, 0.5) is 9.39 Å². The summed E-state index contributed by atoms with van der Waals surface area (Å²) in [6.45, 7) is 2.99. The highest BCUT2D eigenvalue weighted by atomic mass is 32.1. The molecule has 0 radical (unpaired) electrons. The van der Waals surface area contributed by atoms with Crippen molar-refractivity contribution in [3.05, 3.63) is 35.6 Å². The van der Waals surface area contributed by atoms with Gasteiger partial charge in [-0.1, -0.05) is 0 Å². The Bertz CT molecular complexity index is 635. The van der Waals surface area contributed by atoms with E-state index in [1.165, 1.54) is 36.3 Å². The van der Waals surface area contributed by atoms with Crippen molar-refractivity contribution in [1.82, 2.24) is 9.88 Å². The summed E-state index contributed by atoms with van der Waals surface area (Å²) in [7, 11) is 0. The maximum Gasteiger partial charge on any atom is 0.226 e. The quantitative estimate of drug-likeness (QED) is 0.919. The zero-order valence-corrected chi connectivity index (χ0v) is 13.0. The summed E-state index contributed by atoms with van der Waals surface area (Å²) in [5.41, 5.74) is 3.19. The summed E-state index contributed by atoms with van der Waals surface area (Å²) < 4.78 is 13.0. The van der Waals surface area contributed by atoms with Crippen LogP contribution in [0.5, 0.6) is 0 Å². The highest BCUT2D eigenvalue weighted by molar-refractivity contribution is 7.14. The molecule has 3 rings (SSSR count). The van der Waals surface area contributed by atoms with Crippen molar-refractivity contribution in [1.29, 1.82) is 0 Å². The molecule has 0 aliphatic carbocycles. The van der Waals surface area contributed by atoms with Crippen LogP contribution in [-0.2, 0) is 4.79 Å². The van der Waals surface area contributed by atoms with Crippen LogP contribution in [0.2, 0.25) is 0 Å². The van der Waals surface area contributed by atoms with Gasteiger partial charge in [-0.2, -0.15) is 0 Å². The lowest BCUT2D eigenvalue weighted by molar-refractivity contribution is -0.116. The number of hydrogen-bond donors (Lipinski definition) is 1. The number of aromatic nitrogens is 1. The van der Waals surface area contributed by atoms with Crippen LogP contribution in [-0.4, -0.2) is 35.4 Å². The maximum absolute atomic E-state index is 13.0. The second-order valence-electron chi connectivity index (χ2n) is 5.38. The number of benzene rings is 1. The second-order valence-corrected chi connectivity index (χ2v) is 6.24. The van der Waals surface area contributed by atoms with Gasteiger partial charge in [-0.05, 0) is 50.2 Å². The Morgan fingerprint density at radius 1 is 1.27 bits per heavy atom. The summed E-state index contributed by atoms with van der Waals surface area (Å²) in [5, 5.41) is 3.64. The fraction of sp³-hybridized carbons (Fsp3) is 0.375. The van der Waals surface area contributed by atoms with Crippen LogP contribution < -0.4 is 5.32 Å². The fourth-order valence-electron chi connectivity index (χ4n) is 2.60. The molecule has 2 heterocycles. The minimum absolute atomic E-state index is 0.000452. The third-order valence-corrected chi connectivity index (χ3v) is 4.53. The lowest BCUT2D eigenvalue weighted by Crippen LogP contribution is -2.24. The zero-order valence-electron chi connectivity index (χ0n) is 12.2. The molecule has 1 aliphatic rings. The van der Waals surface area contributed by atoms with Gasteiger partial charge < -0.3 is 10.2 Å². The molecule has 1 aromatic heterocycles. The lowest BCUT2D eigenvalue weighted by Gasteiger charge is -2.13. The van der Waals surface area contributed by atoms with E-state index in [-0.39, 0.29) is 11.7 Å². The van der Waals surface area contributed by atoms with Crippen molar-refractivity contribution in [3.8, 4) is 11.3 Å². The Hall–Kier alpha value is -1.79. The number of rotatable bonds is 5. The van der Waals surface area contributed by atoms with Gasteiger partial charge in [0.05, 0.1) is 5.51 Å². The standard InChI is InChI=1S/C16H18FN3OS/c17-13-5-3-12(4-6-13)15-16(22-11-18-15)19-14(21)7-10-20-8-1-2-9-20/h3-6,11H,1-2,7-10H2,(H,19,21). The Morgan fingerprint density at radius 2 is 2.00 bits per heavy atom. The number of thiazole rings is 1. The molecule has 116 valence electrons. The number of nitrogens with zero attached hydrogens (tertiary/aromatic N) is 2. The Kier molecular flexibility index (Phi) is 4.80. The topological polar surface area (TPSA) is 45.2 Å². The molecule has 1 fully saturated rings. The molecule has 6 heteroatoms. The molecule has 4 nitrogen and oxygen atoms in total. The van der Waals surface area contributed by atoms with E-state index in [4.69, 9.17) is 0 Å². The molecule has 0 saturated carbocycles. The molecule has 1 saturated heterocycles. The number of nitrogens with one attached hydrogen (secondary N) is 1. The molecule has 1 N–H and O–H groups in total. The summed E-state index contributed by atoms with van der Waals surface area (Å²) in [6.07, 6.45) is 2.94. The molecule has 22 heavy (non-hydrogen) atoms. The normalized spacial score (nSPS) is 15.1. The van der Waals surface area contributed by atoms with Gasteiger partial charge in [0.25, 0.3) is 0 Å². The van der Waals surface area contributed by atoms with Crippen molar-refractivity contribution in [2.75, 3.05) is 25.0 Å². The molecule has 0 atom stereocenters. The first-order chi connectivity index (χ1) is 10.7. The van der Waals surface area contributed by atoms with E-state index in [2.05, 4.69) is 15.2 Å². The van der Waals surface area contributed by atoms with E-state index in [1.807, 2.05) is 0 Å². The minimum Gasteiger partial charge on any atom is -0.316 e. The number of likely N-dealkylation sites (tertiary alicyclic amines) is 1. The average Bonchev–Trinajstić information content (AvgIpc) is 3.17. The van der Waals surface area contributed by atoms with Crippen LogP contribution in [0.25, 0.3) is 11.3 Å². The van der Waals surface area contributed by atoms with Crippen molar-refractivity contribution in [3.63, 3.8) is 0 Å². The Morgan fingerprint density at radius 3 is 2.73 bits per heavy atom. The van der Waals surface area contributed by atoms with Crippen LogP contribution in [0, 0.1) is 5.82 Å². The van der Waals surface area contributed by atoms with E-state index in [9.17, 15) is 9.18 Å². The third-order valence-electron chi connectivity index (χ3n) is 3.79. The lowest BCUT2D eigenvalue weighted by atomic mass is 10.1. The summed E-state index contributed by atoms with van der Waals surface area (Å²) in [5.74, 6) is -0.283. The number of halogens is 1. The van der Waals surface area contributed by atoms with E-state index >= 15 is 0 Å². The molecule has 1 amide bonds. The summed E-state index contributed by atoms with van der Waals surface area (Å²) >= 11 is 1.38. The summed E-state index contributed by atoms with van der Waals surface area (Å²) in [4.78, 5) is 18.7. The van der Waals surface area contributed by atoms with Crippen LogP contribution >= 0.6 is 11.3 Å². The fourth-order valence-corrected chi connectivity index (χ4v) is 3.32. The van der Waals surface area contributed by atoms with Gasteiger partial charge in [0, 0.05) is 18.5 Å². The van der Waals surface area contributed by atoms with Crippen LogP contribution in [0.1, 0.15) is 19.3 Å². The van der Waals surface area contributed by atoms with Crippen LogP contribution in [0.15, 0.2) is 29.8 Å². The molecule has 1 aliphatic heterocycles. The van der Waals surface area contributed by atoms with E-state index in [0.29, 0.717) is 12.1 Å². The van der Waals surface area contributed by atoms with Gasteiger partial charge in [0.1, 0.15) is 16.5 Å². The van der Waals surface area contributed by atoms with E-state index in [0.717, 1.165) is 30.2 Å². The van der Waals surface area contributed by atoms with Crippen LogP contribution in [0.3, 0.4) is 0 Å². The molecule has 0 unspecified atom stereocenters. The maximum atomic E-state index is 13.0. The predicted molar refractivity (Wildman–Crippen MR) is 86.4 cm³/mol. The average molecular weight is 319 g/mol. The van der Waals surface area contributed by atoms with Gasteiger partial charge >= 0.3 is 0 Å². The van der Waals surface area contributed by atoms with Gasteiger partial charge in [-0.15, -0.1) is 11.3 Å². The smallest absolute Gasteiger partial charge is 0.226 e. The third kappa shape index (κ3) is 3.69. The second kappa shape index (κ2) is 6.98. The SMILES string of the molecule is O=C(CCN1CCCC1)Nc1scnc1-c1ccc(F)cc1. The molecular formula is C16H18FN3OS. The van der Waals surface area contributed by atoms with Crippen molar-refractivity contribution in [2.24, 2.45) is 0 Å². The number of amides is 1. The first-order valence-electron chi connectivity index (χ1n) is 7.44. The first-order valence-corrected chi connectivity index (χ1v) is 8.32. The van der Waals surface area contributed by atoms with Crippen molar-refractivity contribution in [2.45, 2.75) is 19.3 Å². The molecule has 1 aromatic carbocycles. The van der Waals surface area contributed by atoms with E-state index in [1.54, 1.807) is 17.6 Å². The monoisotopic (exact) mass is 319 g/mol. The number of anilines is 1. The van der Waals surface area contributed by atoms with Gasteiger partial charge in [0.2, 0.25) is 5.91 Å². The molecule has 0 spiro atoms. The van der Waals surface area contributed by atoms with Crippen molar-refractivity contribution < 1.29 is 9.18 Å². The highest BCUT2D eigenvalue weighted by Crippen LogP contribution is 2.30. The molecule has 2 aromatic rings. The molecule has 0 bridgehead atoms. The number of hydrogen-bond acceptors (Lipinski definition) is 4. The van der Waals surface area contributed by atoms with E-state index < -0.39 is 0 Å². The Labute approximate surface area is 133 Å². The number of carbonyl (C=O) groups excluding carboxylic acids is 1. The minimum atomic E-state index is -0.282. The highest BCUT2D eigenvalue weighted by Gasteiger charge is 2.15. The van der Waals surface area contributed by atoms with Gasteiger partial charge in [-0.3, -0.25) is 4.79 Å². The Balaban J connectivity index is 1.61. The number of carbonyl (C=O) groups is 1. The van der Waals surface area contributed by atoms with Crippen molar-refractivity contribution >= 4 is 22.2 Å². The largest absolute Gasteiger partial charge is 0.316 e. The summed E-state index contributed by atoms with van der Waals surface area (Å²) in [6, 6.07) is 6.13. The predicted octanol–water partition coefficient (Wildman–Crippen LogP) is 3.37. The van der Waals surface area contributed by atoms with Gasteiger partial charge in [-0.25, -0.2) is 9.37 Å². The molecular weight excluding hydrogens is 301 g/mol. The van der Waals surface area contributed by atoms with Gasteiger partial charge in [0.15, 0.2) is 0 Å².